The highest BCUT2D eigenvalue weighted by atomic mass is 32.1. The molecule has 0 bridgehead atoms. The minimum atomic E-state index is -0.794. The molecule has 1 heterocycles. The number of hydrogen-bond donors (Lipinski definition) is 2. The average molecular weight is 543 g/mol. The van der Waals surface area contributed by atoms with E-state index in [0.717, 1.165) is 24.0 Å². The molecule has 7 nitrogen and oxygen atoms in total. The van der Waals surface area contributed by atoms with Gasteiger partial charge in [0.15, 0.2) is 0 Å². The monoisotopic (exact) mass is 542 g/mol. The van der Waals surface area contributed by atoms with Crippen molar-refractivity contribution in [2.75, 3.05) is 12.4 Å². The summed E-state index contributed by atoms with van der Waals surface area (Å²) in [6, 6.07) is 24.0. The molecule has 0 aliphatic heterocycles. The van der Waals surface area contributed by atoms with E-state index in [1.165, 1.54) is 36.2 Å². The highest BCUT2D eigenvalue weighted by molar-refractivity contribution is 7.18. The van der Waals surface area contributed by atoms with Gasteiger partial charge in [0, 0.05) is 17.5 Å². The second-order valence-corrected chi connectivity index (χ2v) is 10.3. The first-order valence-electron chi connectivity index (χ1n) is 13.3. The number of carbonyl (C=O) groups excluding carboxylic acids is 2. The van der Waals surface area contributed by atoms with Gasteiger partial charge in [-0.3, -0.25) is 14.9 Å². The van der Waals surface area contributed by atoms with Crippen molar-refractivity contribution in [2.45, 2.75) is 51.5 Å². The summed E-state index contributed by atoms with van der Waals surface area (Å²) in [5, 5.41) is 15.1. The third-order valence-corrected chi connectivity index (χ3v) is 7.30. The van der Waals surface area contributed by atoms with E-state index < -0.39 is 6.04 Å². The van der Waals surface area contributed by atoms with E-state index >= 15 is 0 Å². The Balaban J connectivity index is 1.44. The van der Waals surface area contributed by atoms with Crippen molar-refractivity contribution in [3.63, 3.8) is 0 Å². The third kappa shape index (κ3) is 8.22. The number of hydrogen-bond acceptors (Lipinski definition) is 6. The van der Waals surface area contributed by atoms with Gasteiger partial charge in [-0.05, 0) is 48.2 Å². The molecule has 8 heteroatoms. The van der Waals surface area contributed by atoms with Crippen LogP contribution in [-0.2, 0) is 17.6 Å². The quantitative estimate of drug-likeness (QED) is 0.193. The number of anilines is 1. The Kier molecular flexibility index (Phi) is 10.2. The SMILES string of the molecule is CCCCCCc1ccc(C(=O)NC(Cc2ccccc2)C(=O)Nc2nnc(-c3cccc(OC)c3)s2)cc1. The first-order chi connectivity index (χ1) is 19.1. The minimum absolute atomic E-state index is 0.294. The maximum Gasteiger partial charge on any atom is 0.251 e. The van der Waals surface area contributed by atoms with E-state index in [9.17, 15) is 9.59 Å². The molecule has 4 aromatic rings. The number of rotatable bonds is 13. The molecular formula is C31H34N4O3S. The lowest BCUT2D eigenvalue weighted by atomic mass is 10.0. The largest absolute Gasteiger partial charge is 0.497 e. The molecule has 4 rings (SSSR count). The fourth-order valence-corrected chi connectivity index (χ4v) is 4.96. The zero-order valence-corrected chi connectivity index (χ0v) is 23.2. The summed E-state index contributed by atoms with van der Waals surface area (Å²) in [7, 11) is 1.61. The van der Waals surface area contributed by atoms with Crippen LogP contribution in [0.3, 0.4) is 0 Å². The van der Waals surface area contributed by atoms with Crippen LogP contribution in [0.5, 0.6) is 5.75 Å². The van der Waals surface area contributed by atoms with Gasteiger partial charge in [0.25, 0.3) is 5.91 Å². The number of ether oxygens (including phenoxy) is 1. The van der Waals surface area contributed by atoms with E-state index in [-0.39, 0.29) is 11.8 Å². The molecule has 0 spiro atoms. The van der Waals surface area contributed by atoms with Crippen LogP contribution in [-0.4, -0.2) is 35.2 Å². The predicted octanol–water partition coefficient (Wildman–Crippen LogP) is 6.32. The first kappa shape index (κ1) is 28.0. The highest BCUT2D eigenvalue weighted by Crippen LogP contribution is 2.29. The van der Waals surface area contributed by atoms with E-state index in [1.54, 1.807) is 7.11 Å². The lowest BCUT2D eigenvalue weighted by Gasteiger charge is -2.18. The fourth-order valence-electron chi connectivity index (χ4n) is 4.22. The zero-order chi connectivity index (χ0) is 27.5. The molecule has 202 valence electrons. The van der Waals surface area contributed by atoms with Crippen LogP contribution >= 0.6 is 11.3 Å². The predicted molar refractivity (Wildman–Crippen MR) is 156 cm³/mol. The Morgan fingerprint density at radius 3 is 2.44 bits per heavy atom. The number of aryl methyl sites for hydroxylation is 1. The van der Waals surface area contributed by atoms with Crippen LogP contribution in [0.15, 0.2) is 78.9 Å². The lowest BCUT2D eigenvalue weighted by Crippen LogP contribution is -2.45. The van der Waals surface area contributed by atoms with Gasteiger partial charge >= 0.3 is 0 Å². The molecule has 1 unspecified atom stereocenters. The smallest absolute Gasteiger partial charge is 0.251 e. The van der Waals surface area contributed by atoms with E-state index in [0.29, 0.717) is 27.9 Å². The van der Waals surface area contributed by atoms with Crippen LogP contribution in [0.4, 0.5) is 5.13 Å². The summed E-state index contributed by atoms with van der Waals surface area (Å²) >= 11 is 1.26. The van der Waals surface area contributed by atoms with Crippen molar-refractivity contribution >= 4 is 28.3 Å². The van der Waals surface area contributed by atoms with Gasteiger partial charge in [-0.2, -0.15) is 0 Å². The Morgan fingerprint density at radius 1 is 0.897 bits per heavy atom. The van der Waals surface area contributed by atoms with Gasteiger partial charge in [0.1, 0.15) is 16.8 Å². The molecule has 0 radical (unpaired) electrons. The van der Waals surface area contributed by atoms with E-state index in [1.807, 2.05) is 78.9 Å². The molecular weight excluding hydrogens is 508 g/mol. The number of nitrogens with zero attached hydrogens (tertiary/aromatic N) is 2. The van der Waals surface area contributed by atoms with Gasteiger partial charge in [-0.25, -0.2) is 0 Å². The number of aromatic nitrogens is 2. The number of unbranched alkanes of at least 4 members (excludes halogenated alkanes) is 3. The number of carbonyl (C=O) groups is 2. The van der Waals surface area contributed by atoms with Crippen LogP contribution in [0, 0.1) is 0 Å². The lowest BCUT2D eigenvalue weighted by molar-refractivity contribution is -0.118. The van der Waals surface area contributed by atoms with Crippen molar-refractivity contribution in [1.82, 2.24) is 15.5 Å². The van der Waals surface area contributed by atoms with Gasteiger partial charge in [0.05, 0.1) is 7.11 Å². The fraction of sp³-hybridized carbons (Fsp3) is 0.290. The second-order valence-electron chi connectivity index (χ2n) is 9.36. The maximum absolute atomic E-state index is 13.3. The summed E-state index contributed by atoms with van der Waals surface area (Å²) in [5.41, 5.74) is 3.52. The summed E-state index contributed by atoms with van der Waals surface area (Å²) in [6.07, 6.45) is 6.15. The Hall–Kier alpha value is -4.04. The van der Waals surface area contributed by atoms with Crippen molar-refractivity contribution in [2.24, 2.45) is 0 Å². The number of nitrogens with one attached hydrogen (secondary N) is 2. The molecule has 0 aliphatic rings. The second kappa shape index (κ2) is 14.2. The standard InChI is InChI=1S/C31H34N4O3S/c1-3-4-5-7-11-22-16-18-24(19-17-22)28(36)32-27(20-23-12-8-6-9-13-23)29(37)33-31-35-34-30(39-31)25-14-10-15-26(21-25)38-2/h6,8-10,12-19,21,27H,3-5,7,11,20H2,1-2H3,(H,32,36)(H,33,35,37). The van der Waals surface area contributed by atoms with Gasteiger partial charge < -0.3 is 10.1 Å². The summed E-state index contributed by atoms with van der Waals surface area (Å²) in [6.45, 7) is 2.20. The Morgan fingerprint density at radius 2 is 1.69 bits per heavy atom. The van der Waals surface area contributed by atoms with Crippen molar-refractivity contribution < 1.29 is 14.3 Å². The van der Waals surface area contributed by atoms with Crippen LogP contribution < -0.4 is 15.4 Å². The minimum Gasteiger partial charge on any atom is -0.497 e. The van der Waals surface area contributed by atoms with Crippen LogP contribution in [0.1, 0.15) is 54.1 Å². The van der Waals surface area contributed by atoms with E-state index in [2.05, 4.69) is 27.8 Å². The normalized spacial score (nSPS) is 11.5. The maximum atomic E-state index is 13.3. The van der Waals surface area contributed by atoms with Crippen molar-refractivity contribution in [3.05, 3.63) is 95.6 Å². The highest BCUT2D eigenvalue weighted by Gasteiger charge is 2.23. The Labute approximate surface area is 233 Å². The molecule has 3 aromatic carbocycles. The topological polar surface area (TPSA) is 93.2 Å². The summed E-state index contributed by atoms with van der Waals surface area (Å²) in [5.74, 6) is 0.0643. The molecule has 0 aliphatic carbocycles. The molecule has 0 saturated heterocycles. The number of methoxy groups -OCH3 is 1. The third-order valence-electron chi connectivity index (χ3n) is 6.41. The average Bonchev–Trinajstić information content (AvgIpc) is 3.44. The molecule has 2 N–H and O–H groups in total. The molecule has 1 atom stereocenters. The van der Waals surface area contributed by atoms with Crippen LogP contribution in [0.2, 0.25) is 0 Å². The molecule has 1 aromatic heterocycles. The molecule has 2 amide bonds. The number of benzene rings is 3. The van der Waals surface area contributed by atoms with Crippen molar-refractivity contribution in [3.8, 4) is 16.3 Å². The molecule has 0 fully saturated rings. The van der Waals surface area contributed by atoms with Gasteiger partial charge in [-0.1, -0.05) is 92.1 Å². The van der Waals surface area contributed by atoms with E-state index in [4.69, 9.17) is 4.74 Å². The Bertz CT molecular complexity index is 1360. The van der Waals surface area contributed by atoms with Gasteiger partial charge in [-0.15, -0.1) is 10.2 Å². The molecule has 39 heavy (non-hydrogen) atoms. The van der Waals surface area contributed by atoms with Crippen molar-refractivity contribution in [1.29, 1.82) is 0 Å². The zero-order valence-electron chi connectivity index (χ0n) is 22.4. The first-order valence-corrected chi connectivity index (χ1v) is 14.1. The molecule has 0 saturated carbocycles. The number of amides is 2. The summed E-state index contributed by atoms with van der Waals surface area (Å²) in [4.78, 5) is 26.5. The van der Waals surface area contributed by atoms with Gasteiger partial charge in [0.2, 0.25) is 11.0 Å². The summed E-state index contributed by atoms with van der Waals surface area (Å²) < 4.78 is 5.29. The van der Waals surface area contributed by atoms with Crippen LogP contribution in [0.25, 0.3) is 10.6 Å².